The highest BCUT2D eigenvalue weighted by Gasteiger charge is 2.46. The Labute approximate surface area is 237 Å². The average Bonchev–Trinajstić information content (AvgIpc) is 3.35. The van der Waals surface area contributed by atoms with Crippen LogP contribution in [0.4, 0.5) is 4.39 Å². The van der Waals surface area contributed by atoms with Crippen LogP contribution >= 0.6 is 0 Å². The number of rotatable bonds is 5. The number of pyridine rings is 2. The smallest absolute Gasteiger partial charge is 0.343 e. The number of aryl methyl sites for hydroxylation is 1. The van der Waals surface area contributed by atoms with E-state index in [4.69, 9.17) is 15.5 Å². The molecule has 1 aromatic carbocycles. The Morgan fingerprint density at radius 1 is 1.29 bits per heavy atom. The topological polar surface area (TPSA) is 128 Å². The van der Waals surface area contributed by atoms with E-state index in [1.54, 1.807) is 36.4 Å². The number of carbonyl (C=O) groups excluding carboxylic acids is 2. The number of amides is 1. The van der Waals surface area contributed by atoms with Gasteiger partial charge in [0.2, 0.25) is 5.91 Å². The van der Waals surface area contributed by atoms with E-state index in [0.29, 0.717) is 35.3 Å². The van der Waals surface area contributed by atoms with E-state index in [1.807, 2.05) is 13.8 Å². The summed E-state index contributed by atoms with van der Waals surface area (Å²) in [4.78, 5) is 46.5. The minimum atomic E-state index is -1.95. The molecule has 4 atom stereocenters. The SMILES string of the molecule is CCC(C)C(N)C(=O)N(C)[C@H]1CCc2c(C)c(F)cc3nc4c(c1c23)Cn1c-4cc2c(c1=O)COC(=O)[C@]2(O)CC. The second-order valence-electron chi connectivity index (χ2n) is 11.7. The maximum atomic E-state index is 15.1. The molecule has 3 aromatic rings. The van der Waals surface area contributed by atoms with Crippen molar-refractivity contribution in [1.29, 1.82) is 0 Å². The Morgan fingerprint density at radius 3 is 2.71 bits per heavy atom. The van der Waals surface area contributed by atoms with Crippen LogP contribution in [-0.4, -0.2) is 44.5 Å². The Balaban J connectivity index is 1.61. The van der Waals surface area contributed by atoms with E-state index >= 15 is 4.39 Å². The highest BCUT2D eigenvalue weighted by atomic mass is 19.1. The number of benzene rings is 1. The largest absolute Gasteiger partial charge is 0.458 e. The first-order chi connectivity index (χ1) is 19.4. The van der Waals surface area contributed by atoms with Crippen LogP contribution in [0, 0.1) is 18.7 Å². The molecule has 41 heavy (non-hydrogen) atoms. The summed E-state index contributed by atoms with van der Waals surface area (Å²) in [6, 6.07) is 2.04. The number of fused-ring (bicyclic) bond motifs is 5. The molecule has 2 aromatic heterocycles. The van der Waals surface area contributed by atoms with Crippen molar-refractivity contribution in [1.82, 2.24) is 14.5 Å². The zero-order chi connectivity index (χ0) is 29.5. The van der Waals surface area contributed by atoms with Gasteiger partial charge in [-0.15, -0.1) is 0 Å². The van der Waals surface area contributed by atoms with Crippen LogP contribution < -0.4 is 11.3 Å². The first-order valence-electron chi connectivity index (χ1n) is 14.3. The second-order valence-corrected chi connectivity index (χ2v) is 11.7. The van der Waals surface area contributed by atoms with Gasteiger partial charge in [-0.05, 0) is 54.9 Å². The number of likely N-dealkylation sites (N-methyl/N-ethyl adjacent to an activating group) is 1. The van der Waals surface area contributed by atoms with Crippen LogP contribution in [0.5, 0.6) is 0 Å². The summed E-state index contributed by atoms with van der Waals surface area (Å²) >= 11 is 0. The zero-order valence-electron chi connectivity index (χ0n) is 24.0. The first-order valence-corrected chi connectivity index (χ1v) is 14.3. The lowest BCUT2D eigenvalue weighted by atomic mass is 9.81. The molecule has 0 saturated heterocycles. The quantitative estimate of drug-likeness (QED) is 0.357. The fourth-order valence-electron chi connectivity index (χ4n) is 6.80. The van der Waals surface area contributed by atoms with Crippen molar-refractivity contribution < 1.29 is 23.8 Å². The number of cyclic esters (lactones) is 1. The Kier molecular flexibility index (Phi) is 6.35. The van der Waals surface area contributed by atoms with Crippen molar-refractivity contribution in [3.63, 3.8) is 0 Å². The highest BCUT2D eigenvalue weighted by Crippen LogP contribution is 2.47. The van der Waals surface area contributed by atoms with Gasteiger partial charge in [0.05, 0.1) is 41.1 Å². The summed E-state index contributed by atoms with van der Waals surface area (Å²) in [5.74, 6) is -1.33. The maximum absolute atomic E-state index is 15.1. The lowest BCUT2D eigenvalue weighted by molar-refractivity contribution is -0.172. The van der Waals surface area contributed by atoms with Crippen molar-refractivity contribution >= 4 is 22.8 Å². The monoisotopic (exact) mass is 562 g/mol. The third kappa shape index (κ3) is 3.73. The van der Waals surface area contributed by atoms with Gasteiger partial charge in [-0.2, -0.15) is 0 Å². The maximum Gasteiger partial charge on any atom is 0.343 e. The molecule has 4 heterocycles. The molecule has 2 aliphatic heterocycles. The second kappa shape index (κ2) is 9.46. The van der Waals surface area contributed by atoms with Gasteiger partial charge in [-0.25, -0.2) is 14.2 Å². The first kappa shape index (κ1) is 27.5. The Hall–Kier alpha value is -3.63. The van der Waals surface area contributed by atoms with Crippen LogP contribution in [-0.2, 0) is 39.5 Å². The van der Waals surface area contributed by atoms with Crippen LogP contribution in [0.2, 0.25) is 0 Å². The summed E-state index contributed by atoms with van der Waals surface area (Å²) in [6.07, 6.45) is 1.93. The third-order valence-electron chi connectivity index (χ3n) is 9.70. The molecular formula is C31H35FN4O5. The van der Waals surface area contributed by atoms with E-state index in [1.165, 1.54) is 6.07 Å². The Morgan fingerprint density at radius 2 is 2.02 bits per heavy atom. The minimum absolute atomic E-state index is 0.00302. The molecule has 0 bridgehead atoms. The van der Waals surface area contributed by atoms with Gasteiger partial charge in [0.25, 0.3) is 5.56 Å². The number of hydrogen-bond acceptors (Lipinski definition) is 7. The van der Waals surface area contributed by atoms with Crippen LogP contribution in [0.1, 0.15) is 79.5 Å². The minimum Gasteiger partial charge on any atom is -0.458 e. The predicted molar refractivity (Wildman–Crippen MR) is 150 cm³/mol. The van der Waals surface area contributed by atoms with Crippen molar-refractivity contribution in [2.24, 2.45) is 11.7 Å². The zero-order valence-corrected chi connectivity index (χ0v) is 24.0. The van der Waals surface area contributed by atoms with Gasteiger partial charge < -0.3 is 25.0 Å². The van der Waals surface area contributed by atoms with E-state index in [9.17, 15) is 19.5 Å². The standard InChI is InChI=1S/C31H35FN4O5/c1-6-14(3)26(33)29(38)35(5)22-9-8-16-15(4)20(32)11-21-24(16)25(22)17-12-36-23(27(17)34-21)10-19-18(28(36)37)13-41-30(39)31(19,40)7-2/h10-11,14,22,26,40H,6-9,12-13,33H2,1-5H3/t14?,22-,26?,31-/m0/s1. The molecule has 6 rings (SSSR count). The van der Waals surface area contributed by atoms with E-state index in [0.717, 1.165) is 28.5 Å². The van der Waals surface area contributed by atoms with Gasteiger partial charge in [0.1, 0.15) is 12.4 Å². The number of aromatic nitrogens is 2. The van der Waals surface area contributed by atoms with Crippen molar-refractivity contribution in [2.75, 3.05) is 7.05 Å². The van der Waals surface area contributed by atoms with Crippen LogP contribution in [0.3, 0.4) is 0 Å². The van der Waals surface area contributed by atoms with Crippen molar-refractivity contribution in [3.8, 4) is 11.4 Å². The fourth-order valence-corrected chi connectivity index (χ4v) is 6.80. The molecule has 0 saturated carbocycles. The lowest BCUT2D eigenvalue weighted by Crippen LogP contribution is -2.47. The van der Waals surface area contributed by atoms with Gasteiger partial charge in [-0.3, -0.25) is 9.59 Å². The molecule has 10 heteroatoms. The van der Waals surface area contributed by atoms with Crippen LogP contribution in [0.25, 0.3) is 22.3 Å². The molecule has 1 aliphatic carbocycles. The lowest BCUT2D eigenvalue weighted by Gasteiger charge is -2.37. The van der Waals surface area contributed by atoms with E-state index in [-0.39, 0.29) is 59.9 Å². The van der Waals surface area contributed by atoms with Crippen molar-refractivity contribution in [3.05, 3.63) is 61.7 Å². The number of hydrogen-bond donors (Lipinski definition) is 2. The molecule has 0 radical (unpaired) electrons. The molecule has 9 nitrogen and oxygen atoms in total. The van der Waals surface area contributed by atoms with Gasteiger partial charge in [-0.1, -0.05) is 27.2 Å². The van der Waals surface area contributed by atoms with Gasteiger partial charge >= 0.3 is 5.97 Å². The normalized spacial score (nSPS) is 22.0. The summed E-state index contributed by atoms with van der Waals surface area (Å²) in [5.41, 5.74) is 8.91. The molecular weight excluding hydrogens is 527 g/mol. The average molecular weight is 563 g/mol. The highest BCUT2D eigenvalue weighted by molar-refractivity contribution is 5.94. The number of carbonyl (C=O) groups is 2. The number of ether oxygens (including phenoxy) is 1. The molecule has 0 spiro atoms. The van der Waals surface area contributed by atoms with Crippen molar-refractivity contribution in [2.45, 2.75) is 84.2 Å². The summed E-state index contributed by atoms with van der Waals surface area (Å²) in [6.45, 7) is 7.33. The number of nitrogens with two attached hydrogens (primary N) is 1. The molecule has 0 fully saturated rings. The van der Waals surface area contributed by atoms with Crippen LogP contribution in [0.15, 0.2) is 16.9 Å². The van der Waals surface area contributed by atoms with E-state index < -0.39 is 17.6 Å². The summed E-state index contributed by atoms with van der Waals surface area (Å²) in [7, 11) is 1.76. The molecule has 216 valence electrons. The molecule has 1 amide bonds. The summed E-state index contributed by atoms with van der Waals surface area (Å²) < 4.78 is 21.9. The van der Waals surface area contributed by atoms with Gasteiger partial charge in [0, 0.05) is 29.6 Å². The predicted octanol–water partition coefficient (Wildman–Crippen LogP) is 3.35. The summed E-state index contributed by atoms with van der Waals surface area (Å²) in [5, 5.41) is 12.0. The molecule has 3 N–H and O–H groups in total. The fraction of sp³-hybridized carbons (Fsp3) is 0.484. The molecule has 2 unspecified atom stereocenters. The number of aliphatic hydroxyl groups is 1. The van der Waals surface area contributed by atoms with E-state index in [2.05, 4.69) is 0 Å². The number of nitrogens with zero attached hydrogens (tertiary/aromatic N) is 3. The van der Waals surface area contributed by atoms with Gasteiger partial charge in [0.15, 0.2) is 5.60 Å². The number of esters is 1. The Bertz CT molecular complexity index is 1720. The third-order valence-corrected chi connectivity index (χ3v) is 9.70. The molecule has 3 aliphatic rings. The number of halogens is 1.